The van der Waals surface area contributed by atoms with Gasteiger partial charge in [-0.3, -0.25) is 13.9 Å². The SMILES string of the molecule is O=C(OCc1ccccc1)OC1=C(S(=O)CCO)CC2CC(=O)N12. The highest BCUT2D eigenvalue weighted by atomic mass is 32.2. The topological polar surface area (TPSA) is 93.1 Å². The average molecular weight is 351 g/mol. The minimum absolute atomic E-state index is 0.00101. The molecule has 0 saturated carbocycles. The fraction of sp³-hybridized carbons (Fsp3) is 0.375. The van der Waals surface area contributed by atoms with Gasteiger partial charge < -0.3 is 14.6 Å². The van der Waals surface area contributed by atoms with Gasteiger partial charge in [0.15, 0.2) is 0 Å². The van der Waals surface area contributed by atoms with Crippen molar-refractivity contribution in [2.45, 2.75) is 25.5 Å². The molecule has 24 heavy (non-hydrogen) atoms. The zero-order valence-electron chi connectivity index (χ0n) is 12.8. The van der Waals surface area contributed by atoms with Crippen LogP contribution in [0.4, 0.5) is 4.79 Å². The van der Waals surface area contributed by atoms with Crippen LogP contribution in [0.25, 0.3) is 0 Å². The van der Waals surface area contributed by atoms with Crippen molar-refractivity contribution < 1.29 is 28.4 Å². The lowest BCUT2D eigenvalue weighted by atomic mass is 10.0. The Balaban J connectivity index is 1.67. The number of fused-ring (bicyclic) bond motifs is 1. The Morgan fingerprint density at radius 3 is 2.71 bits per heavy atom. The van der Waals surface area contributed by atoms with E-state index in [4.69, 9.17) is 14.6 Å². The van der Waals surface area contributed by atoms with Crippen molar-refractivity contribution in [3.05, 3.63) is 46.7 Å². The quantitative estimate of drug-likeness (QED) is 0.612. The molecule has 2 aliphatic rings. The Morgan fingerprint density at radius 2 is 2.04 bits per heavy atom. The predicted molar refractivity (Wildman–Crippen MR) is 84.7 cm³/mol. The maximum atomic E-state index is 12.2. The lowest BCUT2D eigenvalue weighted by Crippen LogP contribution is -2.49. The van der Waals surface area contributed by atoms with Crippen LogP contribution >= 0.6 is 0 Å². The normalized spacial score (nSPS) is 20.5. The fourth-order valence-corrected chi connectivity index (χ4v) is 3.81. The Hall–Kier alpha value is -2.19. The Kier molecular flexibility index (Phi) is 4.96. The maximum Gasteiger partial charge on any atom is 0.515 e. The number of amides is 1. The average Bonchev–Trinajstić information content (AvgIpc) is 2.85. The molecule has 8 heteroatoms. The largest absolute Gasteiger partial charge is 0.515 e. The van der Waals surface area contributed by atoms with Gasteiger partial charge in [0.05, 0.1) is 34.1 Å². The second-order valence-corrected chi connectivity index (χ2v) is 7.05. The Morgan fingerprint density at radius 1 is 1.29 bits per heavy atom. The third-order valence-electron chi connectivity index (χ3n) is 3.85. The highest BCUT2D eigenvalue weighted by Crippen LogP contribution is 2.40. The van der Waals surface area contributed by atoms with E-state index in [1.807, 2.05) is 18.2 Å². The molecule has 2 atom stereocenters. The number of carbonyl (C=O) groups is 2. The molecule has 1 N–H and O–H groups in total. The van der Waals surface area contributed by atoms with E-state index in [2.05, 4.69) is 0 Å². The highest BCUT2D eigenvalue weighted by Gasteiger charge is 2.48. The van der Waals surface area contributed by atoms with Crippen LogP contribution in [0, 0.1) is 0 Å². The molecule has 2 heterocycles. The van der Waals surface area contributed by atoms with Crippen LogP contribution in [0.15, 0.2) is 41.1 Å². The number of nitrogens with zero attached hydrogens (tertiary/aromatic N) is 1. The first-order chi connectivity index (χ1) is 11.6. The molecule has 128 valence electrons. The summed E-state index contributed by atoms with van der Waals surface area (Å²) >= 11 is 0. The van der Waals surface area contributed by atoms with Gasteiger partial charge in [-0.1, -0.05) is 30.3 Å². The summed E-state index contributed by atoms with van der Waals surface area (Å²) in [7, 11) is -1.50. The van der Waals surface area contributed by atoms with Gasteiger partial charge >= 0.3 is 6.16 Å². The molecule has 0 aromatic heterocycles. The van der Waals surface area contributed by atoms with Gasteiger partial charge in [-0.05, 0) is 5.56 Å². The van der Waals surface area contributed by atoms with Crippen molar-refractivity contribution in [2.75, 3.05) is 12.4 Å². The summed E-state index contributed by atoms with van der Waals surface area (Å²) < 4.78 is 22.4. The van der Waals surface area contributed by atoms with E-state index in [1.54, 1.807) is 12.1 Å². The molecule has 1 saturated heterocycles. The van der Waals surface area contributed by atoms with Crippen molar-refractivity contribution in [3.8, 4) is 0 Å². The lowest BCUT2D eigenvalue weighted by Gasteiger charge is -2.34. The first-order valence-corrected chi connectivity index (χ1v) is 8.85. The van der Waals surface area contributed by atoms with Crippen LogP contribution in [0.1, 0.15) is 18.4 Å². The van der Waals surface area contributed by atoms with Crippen LogP contribution in [0.2, 0.25) is 0 Å². The van der Waals surface area contributed by atoms with Crippen LogP contribution in [0.5, 0.6) is 0 Å². The summed E-state index contributed by atoms with van der Waals surface area (Å²) in [4.78, 5) is 25.4. The molecule has 0 bridgehead atoms. The second-order valence-electron chi connectivity index (χ2n) is 5.45. The number of aliphatic hydroxyl groups is 1. The minimum atomic E-state index is -1.50. The third-order valence-corrected chi connectivity index (χ3v) is 5.30. The highest BCUT2D eigenvalue weighted by molar-refractivity contribution is 7.89. The van der Waals surface area contributed by atoms with Gasteiger partial charge in [0.2, 0.25) is 11.8 Å². The van der Waals surface area contributed by atoms with E-state index < -0.39 is 17.0 Å². The van der Waals surface area contributed by atoms with Crippen LogP contribution in [-0.4, -0.2) is 44.7 Å². The van der Waals surface area contributed by atoms with Crippen LogP contribution in [0.3, 0.4) is 0 Å². The molecule has 3 rings (SSSR count). The number of carbonyl (C=O) groups excluding carboxylic acids is 2. The van der Waals surface area contributed by atoms with E-state index >= 15 is 0 Å². The summed E-state index contributed by atoms with van der Waals surface area (Å²) in [6.45, 7) is -0.208. The first kappa shape index (κ1) is 16.7. The van der Waals surface area contributed by atoms with Gasteiger partial charge in [-0.15, -0.1) is 0 Å². The van der Waals surface area contributed by atoms with E-state index in [9.17, 15) is 13.8 Å². The molecule has 7 nitrogen and oxygen atoms in total. The smallest absolute Gasteiger partial charge is 0.429 e. The molecule has 1 aromatic rings. The Bertz CT molecular complexity index is 702. The molecular formula is C16H17NO6S. The summed E-state index contributed by atoms with van der Waals surface area (Å²) in [5.41, 5.74) is 0.803. The minimum Gasteiger partial charge on any atom is -0.429 e. The maximum absolute atomic E-state index is 12.2. The number of benzene rings is 1. The number of β-lactam (4-membered cyclic amide) rings is 1. The van der Waals surface area contributed by atoms with Crippen molar-refractivity contribution in [1.29, 1.82) is 0 Å². The monoisotopic (exact) mass is 351 g/mol. The molecule has 0 aliphatic carbocycles. The summed E-state index contributed by atoms with van der Waals surface area (Å²) in [6, 6.07) is 8.99. The second kappa shape index (κ2) is 7.14. The standard InChI is InChI=1S/C16H17NO6S/c18-6-7-24(21)13-8-12-9-14(19)17(12)15(13)23-16(20)22-10-11-4-2-1-3-5-11/h1-5,12,18H,6-10H2. The van der Waals surface area contributed by atoms with E-state index in [-0.39, 0.29) is 36.8 Å². The van der Waals surface area contributed by atoms with Crippen molar-refractivity contribution in [2.24, 2.45) is 0 Å². The molecule has 1 fully saturated rings. The molecular weight excluding hydrogens is 334 g/mol. The number of hydrogen-bond acceptors (Lipinski definition) is 6. The summed E-state index contributed by atoms with van der Waals surface area (Å²) in [5, 5.41) is 8.95. The molecule has 0 spiro atoms. The van der Waals surface area contributed by atoms with Crippen LogP contribution < -0.4 is 0 Å². The zero-order chi connectivity index (χ0) is 17.1. The summed E-state index contributed by atoms with van der Waals surface area (Å²) in [5.74, 6) is -0.140. The third kappa shape index (κ3) is 3.34. The first-order valence-electron chi connectivity index (χ1n) is 7.53. The number of rotatable bonds is 6. The molecule has 1 aromatic carbocycles. The molecule has 0 radical (unpaired) electrons. The van der Waals surface area contributed by atoms with Crippen molar-refractivity contribution in [1.82, 2.24) is 4.90 Å². The van der Waals surface area contributed by atoms with Crippen molar-refractivity contribution >= 4 is 22.9 Å². The molecule has 1 amide bonds. The van der Waals surface area contributed by atoms with Gasteiger partial charge in [0.1, 0.15) is 6.61 Å². The lowest BCUT2D eigenvalue weighted by molar-refractivity contribution is -0.144. The fourth-order valence-electron chi connectivity index (χ4n) is 2.69. The number of aliphatic hydroxyl groups excluding tert-OH is 1. The number of ether oxygens (including phenoxy) is 2. The zero-order valence-corrected chi connectivity index (χ0v) is 13.7. The Labute approximate surface area is 141 Å². The van der Waals surface area contributed by atoms with E-state index in [0.29, 0.717) is 17.7 Å². The van der Waals surface area contributed by atoms with E-state index in [1.165, 1.54) is 4.90 Å². The van der Waals surface area contributed by atoms with Crippen molar-refractivity contribution in [3.63, 3.8) is 0 Å². The van der Waals surface area contributed by atoms with Gasteiger partial charge in [0.25, 0.3) is 0 Å². The van der Waals surface area contributed by atoms with Gasteiger partial charge in [-0.25, -0.2) is 4.79 Å². The van der Waals surface area contributed by atoms with E-state index in [0.717, 1.165) is 5.56 Å². The van der Waals surface area contributed by atoms with Gasteiger partial charge in [-0.2, -0.15) is 0 Å². The number of hydrogen-bond donors (Lipinski definition) is 1. The summed E-state index contributed by atoms with van der Waals surface area (Å²) in [6.07, 6.45) is -0.224. The van der Waals surface area contributed by atoms with Crippen LogP contribution in [-0.2, 0) is 31.7 Å². The predicted octanol–water partition coefficient (Wildman–Crippen LogP) is 1.25. The molecule has 2 aliphatic heterocycles. The van der Waals surface area contributed by atoms with Gasteiger partial charge in [0, 0.05) is 12.8 Å². The molecule has 2 unspecified atom stereocenters.